The molecule has 82 heavy (non-hydrogen) atoms. The third-order valence-electron chi connectivity index (χ3n) is 12.8. The van der Waals surface area contributed by atoms with Gasteiger partial charge in [0.2, 0.25) is 0 Å². The molecule has 456 valence electrons. The Labute approximate surface area is 503 Å². The van der Waals surface area contributed by atoms with Gasteiger partial charge >= 0.3 is 17.9 Å². The summed E-state index contributed by atoms with van der Waals surface area (Å²) < 4.78 is 16.7. The lowest BCUT2D eigenvalue weighted by molar-refractivity contribution is -0.167. The molecule has 0 spiro atoms. The molecule has 0 aromatic heterocycles. The molecule has 0 aliphatic heterocycles. The lowest BCUT2D eigenvalue weighted by atomic mass is 10.1. The Morgan fingerprint density at radius 3 is 0.768 bits per heavy atom. The van der Waals surface area contributed by atoms with Gasteiger partial charge in [0.05, 0.1) is 0 Å². The quantitative estimate of drug-likeness (QED) is 0.0261. The second kappa shape index (κ2) is 67.8. The lowest BCUT2D eigenvalue weighted by Gasteiger charge is -2.18. The molecular weight excluding hydrogens is 1010 g/mol. The molecule has 0 amide bonds. The van der Waals surface area contributed by atoms with E-state index in [2.05, 4.69) is 215 Å². The fourth-order valence-corrected chi connectivity index (χ4v) is 8.06. The molecule has 0 rings (SSSR count). The maximum absolute atomic E-state index is 12.8. The van der Waals surface area contributed by atoms with Crippen molar-refractivity contribution < 1.29 is 28.6 Å². The standard InChI is InChI=1S/C76H116O6/c1-4-7-10-13-16-18-20-22-24-26-28-30-32-34-36-37-38-39-41-42-44-46-48-50-52-54-56-58-60-63-66-69-75(78)81-72-73(71-80-74(77)68-65-62-15-12-9-6-3)82-76(79)70-67-64-61-59-57-55-53-51-49-47-45-43-40-35-33-31-29-27-25-23-21-19-17-14-11-8-5-2/h7-8,10-11,16-19,22-25,28-31,34-36,38-40,42,44-45,47-48,50-51,53,57,59,73H,4-6,9,12-15,20-21,26-27,32-33,37,41,43,46,49,52,54-56,58,60-72H2,1-3H3/b10-7-,11-8-,18-16-,19-17-,24-22-,25-23-,30-28-,31-29-,36-34-,39-38-,40-35-,44-42-,47-45-,50-48-,53-51-,59-57-. The van der Waals surface area contributed by atoms with Crippen LogP contribution in [0.4, 0.5) is 0 Å². The van der Waals surface area contributed by atoms with Gasteiger partial charge in [0, 0.05) is 19.3 Å². The first-order valence-corrected chi connectivity index (χ1v) is 32.4. The van der Waals surface area contributed by atoms with Crippen molar-refractivity contribution in [3.8, 4) is 0 Å². The van der Waals surface area contributed by atoms with Crippen molar-refractivity contribution in [1.82, 2.24) is 0 Å². The number of ether oxygens (including phenoxy) is 3. The van der Waals surface area contributed by atoms with Crippen LogP contribution < -0.4 is 0 Å². The van der Waals surface area contributed by atoms with Gasteiger partial charge in [-0.3, -0.25) is 14.4 Å². The Morgan fingerprint density at radius 1 is 0.256 bits per heavy atom. The molecule has 0 aliphatic carbocycles. The van der Waals surface area contributed by atoms with Crippen molar-refractivity contribution in [3.05, 3.63) is 194 Å². The Balaban J connectivity index is 4.28. The van der Waals surface area contributed by atoms with E-state index in [-0.39, 0.29) is 37.5 Å². The van der Waals surface area contributed by atoms with Gasteiger partial charge in [0.25, 0.3) is 0 Å². The highest BCUT2D eigenvalue weighted by Crippen LogP contribution is 2.13. The van der Waals surface area contributed by atoms with Crippen molar-refractivity contribution in [2.75, 3.05) is 13.2 Å². The molecule has 6 heteroatoms. The highest BCUT2D eigenvalue weighted by molar-refractivity contribution is 5.71. The third-order valence-corrected chi connectivity index (χ3v) is 12.8. The summed E-state index contributed by atoms with van der Waals surface area (Å²) >= 11 is 0. The first-order valence-electron chi connectivity index (χ1n) is 32.4. The van der Waals surface area contributed by atoms with Gasteiger partial charge in [0.1, 0.15) is 13.2 Å². The van der Waals surface area contributed by atoms with E-state index in [0.717, 1.165) is 167 Å². The van der Waals surface area contributed by atoms with E-state index in [4.69, 9.17) is 14.2 Å². The molecular formula is C76H116O6. The summed E-state index contributed by atoms with van der Waals surface area (Å²) in [5.41, 5.74) is 0. The minimum absolute atomic E-state index is 0.110. The van der Waals surface area contributed by atoms with Gasteiger partial charge in [-0.2, -0.15) is 0 Å². The van der Waals surface area contributed by atoms with Crippen LogP contribution in [0.25, 0.3) is 0 Å². The summed E-state index contributed by atoms with van der Waals surface area (Å²) in [5.74, 6) is -0.990. The summed E-state index contributed by atoms with van der Waals surface area (Å²) in [5, 5.41) is 0. The van der Waals surface area contributed by atoms with E-state index >= 15 is 0 Å². The van der Waals surface area contributed by atoms with E-state index in [1.54, 1.807) is 0 Å². The molecule has 0 radical (unpaired) electrons. The average Bonchev–Trinajstić information content (AvgIpc) is 3.47. The fraction of sp³-hybridized carbons (Fsp3) is 0.539. The Morgan fingerprint density at radius 2 is 0.476 bits per heavy atom. The summed E-state index contributed by atoms with van der Waals surface area (Å²) in [4.78, 5) is 38.0. The maximum Gasteiger partial charge on any atom is 0.306 e. The van der Waals surface area contributed by atoms with E-state index < -0.39 is 6.10 Å². The molecule has 0 fully saturated rings. The molecule has 0 saturated heterocycles. The second-order valence-electron chi connectivity index (χ2n) is 20.6. The van der Waals surface area contributed by atoms with Crippen LogP contribution in [0.1, 0.15) is 245 Å². The smallest absolute Gasteiger partial charge is 0.306 e. The first-order chi connectivity index (χ1) is 40.5. The predicted octanol–water partition coefficient (Wildman–Crippen LogP) is 22.6. The maximum atomic E-state index is 12.8. The summed E-state index contributed by atoms with van der Waals surface area (Å²) in [6.07, 6.45) is 103. The predicted molar refractivity (Wildman–Crippen MR) is 357 cm³/mol. The van der Waals surface area contributed by atoms with E-state index in [1.807, 2.05) is 0 Å². The van der Waals surface area contributed by atoms with Gasteiger partial charge in [0.15, 0.2) is 6.10 Å². The van der Waals surface area contributed by atoms with Gasteiger partial charge in [-0.25, -0.2) is 0 Å². The number of esters is 3. The Kier molecular flexibility index (Phi) is 63.0. The summed E-state index contributed by atoms with van der Waals surface area (Å²) in [7, 11) is 0. The molecule has 0 N–H and O–H groups in total. The molecule has 0 heterocycles. The van der Waals surface area contributed by atoms with E-state index in [0.29, 0.717) is 19.3 Å². The first kappa shape index (κ1) is 76.2. The van der Waals surface area contributed by atoms with Crippen LogP contribution in [0, 0.1) is 0 Å². The highest BCUT2D eigenvalue weighted by atomic mass is 16.6. The SMILES string of the molecule is CC/C=C\C/C=C\C/C=C\C/C=C\C/C=C\C/C=C\C/C=C\C/C=C\CCCCCCCCC(=O)OCC(COC(=O)CCCCCCCC)OC(=O)CCCC/C=C\C/C=C\C/C=C\C/C=C\C/C=C\C/C=C\C/C=C\C/C=C\CC. The number of hydrogen-bond acceptors (Lipinski definition) is 6. The molecule has 6 nitrogen and oxygen atoms in total. The molecule has 0 bridgehead atoms. The van der Waals surface area contributed by atoms with Crippen molar-refractivity contribution in [2.24, 2.45) is 0 Å². The van der Waals surface area contributed by atoms with Crippen LogP contribution in [-0.2, 0) is 28.6 Å². The van der Waals surface area contributed by atoms with Crippen molar-refractivity contribution in [3.63, 3.8) is 0 Å². The summed E-state index contributed by atoms with van der Waals surface area (Å²) in [6, 6.07) is 0. The number of allylic oxidation sites excluding steroid dienone is 32. The average molecular weight is 1130 g/mol. The van der Waals surface area contributed by atoms with Gasteiger partial charge in [-0.1, -0.05) is 273 Å². The molecule has 0 aliphatic rings. The van der Waals surface area contributed by atoms with Crippen molar-refractivity contribution in [1.29, 1.82) is 0 Å². The van der Waals surface area contributed by atoms with Gasteiger partial charge in [-0.15, -0.1) is 0 Å². The van der Waals surface area contributed by atoms with E-state index in [1.165, 1.54) is 32.1 Å². The van der Waals surface area contributed by atoms with Crippen LogP contribution >= 0.6 is 0 Å². The van der Waals surface area contributed by atoms with Crippen LogP contribution in [0.3, 0.4) is 0 Å². The number of unbranched alkanes of at least 4 members (excludes halogenated alkanes) is 13. The molecule has 0 aromatic carbocycles. The Hall–Kier alpha value is -5.75. The number of rotatable bonds is 56. The normalized spacial score (nSPS) is 13.5. The summed E-state index contributed by atoms with van der Waals surface area (Å²) in [6.45, 7) is 6.28. The van der Waals surface area contributed by atoms with Crippen molar-refractivity contribution >= 4 is 17.9 Å². The molecule has 1 atom stereocenters. The van der Waals surface area contributed by atoms with E-state index in [9.17, 15) is 14.4 Å². The lowest BCUT2D eigenvalue weighted by Crippen LogP contribution is -2.30. The number of hydrogen-bond donors (Lipinski definition) is 0. The topological polar surface area (TPSA) is 78.9 Å². The van der Waals surface area contributed by atoms with Crippen LogP contribution in [0.2, 0.25) is 0 Å². The zero-order valence-electron chi connectivity index (χ0n) is 52.2. The highest BCUT2D eigenvalue weighted by Gasteiger charge is 2.19. The fourth-order valence-electron chi connectivity index (χ4n) is 8.06. The van der Waals surface area contributed by atoms with Crippen LogP contribution in [0.5, 0.6) is 0 Å². The minimum atomic E-state index is -0.817. The molecule has 0 saturated carbocycles. The van der Waals surface area contributed by atoms with Gasteiger partial charge in [-0.05, 0) is 148 Å². The van der Waals surface area contributed by atoms with Crippen molar-refractivity contribution in [2.45, 2.75) is 252 Å². The zero-order chi connectivity index (χ0) is 59.2. The third kappa shape index (κ3) is 65.1. The van der Waals surface area contributed by atoms with Crippen LogP contribution in [0.15, 0.2) is 194 Å². The number of carbonyl (C=O) groups is 3. The van der Waals surface area contributed by atoms with Gasteiger partial charge < -0.3 is 14.2 Å². The zero-order valence-corrected chi connectivity index (χ0v) is 52.2. The number of carbonyl (C=O) groups excluding carboxylic acids is 3. The molecule has 1 unspecified atom stereocenters. The second-order valence-corrected chi connectivity index (χ2v) is 20.6. The van der Waals surface area contributed by atoms with Crippen LogP contribution in [-0.4, -0.2) is 37.2 Å². The Bertz CT molecular complexity index is 1970. The molecule has 0 aromatic rings. The largest absolute Gasteiger partial charge is 0.462 e. The minimum Gasteiger partial charge on any atom is -0.462 e. The monoisotopic (exact) mass is 1120 g/mol.